The van der Waals surface area contributed by atoms with E-state index in [0.29, 0.717) is 22.5 Å². The molecule has 31 heavy (non-hydrogen) atoms. The van der Waals surface area contributed by atoms with Crippen molar-refractivity contribution >= 4 is 12.0 Å². The number of nitrogens with two attached hydrogens (primary N) is 1. The number of amides is 1. The van der Waals surface area contributed by atoms with E-state index in [0.717, 1.165) is 0 Å². The maximum Gasteiger partial charge on any atom is 0.220 e. The van der Waals surface area contributed by atoms with Crippen molar-refractivity contribution in [3.8, 4) is 6.07 Å². The molecule has 2 aromatic carbocycles. The van der Waals surface area contributed by atoms with E-state index in [4.69, 9.17) is 10.5 Å². The third-order valence-corrected chi connectivity index (χ3v) is 5.44. The second-order valence-electron chi connectivity index (χ2n) is 7.37. The van der Waals surface area contributed by atoms with Gasteiger partial charge in [-0.2, -0.15) is 5.26 Å². The van der Waals surface area contributed by atoms with E-state index in [1.165, 1.54) is 19.1 Å². The minimum Gasteiger partial charge on any atom is -0.440 e. The Morgan fingerprint density at radius 2 is 1.84 bits per heavy atom. The van der Waals surface area contributed by atoms with Crippen LogP contribution in [-0.4, -0.2) is 23.9 Å². The second-order valence-corrected chi connectivity index (χ2v) is 7.37. The number of hydrogen-bond donors (Lipinski definition) is 1. The van der Waals surface area contributed by atoms with Crippen LogP contribution in [0.4, 0.5) is 8.78 Å². The highest BCUT2D eigenvalue weighted by Gasteiger charge is 2.39. The summed E-state index contributed by atoms with van der Waals surface area (Å²) in [4.78, 5) is 13.8. The zero-order chi connectivity index (χ0) is 22.1. The average molecular weight is 419 g/mol. The normalized spacial score (nSPS) is 19.7. The molecule has 2 aliphatic heterocycles. The van der Waals surface area contributed by atoms with Gasteiger partial charge in [0.05, 0.1) is 5.92 Å². The SMILES string of the molecule is CC(=O)N1CC2=C(OC(N)=C(C#N)C2c2ccccc2F)/C(=C/c2ccccc2F)C1. The van der Waals surface area contributed by atoms with E-state index in [2.05, 4.69) is 0 Å². The topological polar surface area (TPSA) is 79.3 Å². The van der Waals surface area contributed by atoms with Crippen molar-refractivity contribution in [3.05, 3.63) is 99.7 Å². The zero-order valence-corrected chi connectivity index (χ0v) is 16.7. The molecule has 1 atom stereocenters. The summed E-state index contributed by atoms with van der Waals surface area (Å²) in [5, 5.41) is 9.73. The van der Waals surface area contributed by atoms with Crippen LogP contribution in [0.2, 0.25) is 0 Å². The minimum atomic E-state index is -0.818. The van der Waals surface area contributed by atoms with Crippen LogP contribution in [0.3, 0.4) is 0 Å². The fourth-order valence-electron chi connectivity index (χ4n) is 3.94. The molecular weight excluding hydrogens is 400 g/mol. The molecule has 1 unspecified atom stereocenters. The Labute approximate surface area is 178 Å². The molecule has 2 aromatic rings. The summed E-state index contributed by atoms with van der Waals surface area (Å²) in [6.45, 7) is 1.72. The van der Waals surface area contributed by atoms with Crippen molar-refractivity contribution in [2.24, 2.45) is 5.73 Å². The fourth-order valence-corrected chi connectivity index (χ4v) is 3.94. The van der Waals surface area contributed by atoms with Crippen LogP contribution in [-0.2, 0) is 9.53 Å². The number of ether oxygens (including phenoxy) is 1. The van der Waals surface area contributed by atoms with Gasteiger partial charge in [-0.15, -0.1) is 0 Å². The molecule has 0 radical (unpaired) electrons. The van der Waals surface area contributed by atoms with E-state index >= 15 is 0 Å². The first kappa shape index (κ1) is 20.4. The first-order valence-corrected chi connectivity index (χ1v) is 9.66. The lowest BCUT2D eigenvalue weighted by molar-refractivity contribution is -0.128. The number of allylic oxidation sites excluding steroid dienone is 1. The van der Waals surface area contributed by atoms with Crippen molar-refractivity contribution in [2.45, 2.75) is 12.8 Å². The quantitative estimate of drug-likeness (QED) is 0.799. The molecule has 4 rings (SSSR count). The third kappa shape index (κ3) is 3.68. The van der Waals surface area contributed by atoms with Gasteiger partial charge in [-0.3, -0.25) is 4.79 Å². The molecule has 0 saturated carbocycles. The second kappa shape index (κ2) is 8.07. The number of rotatable bonds is 2. The molecular formula is C24H19F2N3O2. The highest BCUT2D eigenvalue weighted by Crippen LogP contribution is 2.44. The summed E-state index contributed by atoms with van der Waals surface area (Å²) in [5.74, 6) is -1.75. The lowest BCUT2D eigenvalue weighted by Crippen LogP contribution is -2.40. The third-order valence-electron chi connectivity index (χ3n) is 5.44. The van der Waals surface area contributed by atoms with Gasteiger partial charge in [-0.05, 0) is 18.2 Å². The Bertz CT molecular complexity index is 1210. The van der Waals surface area contributed by atoms with E-state index < -0.39 is 17.6 Å². The minimum absolute atomic E-state index is 0.0690. The van der Waals surface area contributed by atoms with Crippen LogP contribution >= 0.6 is 0 Å². The summed E-state index contributed by atoms with van der Waals surface area (Å²) < 4.78 is 34.8. The lowest BCUT2D eigenvalue weighted by atomic mass is 9.80. The van der Waals surface area contributed by atoms with Crippen LogP contribution < -0.4 is 5.73 Å². The summed E-state index contributed by atoms with van der Waals surface area (Å²) in [6.07, 6.45) is 1.59. The van der Waals surface area contributed by atoms with Gasteiger partial charge in [0.2, 0.25) is 11.8 Å². The van der Waals surface area contributed by atoms with E-state index in [1.807, 2.05) is 6.07 Å². The number of benzene rings is 2. The van der Waals surface area contributed by atoms with Crippen LogP contribution in [0.1, 0.15) is 24.0 Å². The predicted octanol–water partition coefficient (Wildman–Crippen LogP) is 3.97. The molecule has 0 spiro atoms. The molecule has 5 nitrogen and oxygen atoms in total. The number of nitrogens with zero attached hydrogens (tertiary/aromatic N) is 2. The van der Waals surface area contributed by atoms with Crippen molar-refractivity contribution < 1.29 is 18.3 Å². The largest absolute Gasteiger partial charge is 0.440 e. The van der Waals surface area contributed by atoms with E-state index in [9.17, 15) is 18.8 Å². The van der Waals surface area contributed by atoms with Crippen molar-refractivity contribution in [2.75, 3.05) is 13.1 Å². The first-order valence-electron chi connectivity index (χ1n) is 9.66. The van der Waals surface area contributed by atoms with Crippen LogP contribution in [0, 0.1) is 23.0 Å². The highest BCUT2D eigenvalue weighted by atomic mass is 19.1. The average Bonchev–Trinajstić information content (AvgIpc) is 2.75. The zero-order valence-electron chi connectivity index (χ0n) is 16.7. The molecule has 2 N–H and O–H groups in total. The molecule has 0 bridgehead atoms. The van der Waals surface area contributed by atoms with Crippen LogP contribution in [0.15, 0.2) is 76.9 Å². The molecule has 0 aromatic heterocycles. The Hall–Kier alpha value is -3.92. The molecule has 2 heterocycles. The maximum absolute atomic E-state index is 14.7. The summed E-state index contributed by atoms with van der Waals surface area (Å²) >= 11 is 0. The predicted molar refractivity (Wildman–Crippen MR) is 111 cm³/mol. The molecule has 156 valence electrons. The molecule has 2 aliphatic rings. The Kier molecular flexibility index (Phi) is 5.30. The van der Waals surface area contributed by atoms with E-state index in [-0.39, 0.29) is 36.0 Å². The Morgan fingerprint density at radius 3 is 2.48 bits per heavy atom. The van der Waals surface area contributed by atoms with Crippen LogP contribution in [0.5, 0.6) is 0 Å². The first-order chi connectivity index (χ1) is 14.9. The molecule has 0 saturated heterocycles. The molecule has 1 amide bonds. The van der Waals surface area contributed by atoms with Gasteiger partial charge < -0.3 is 15.4 Å². The summed E-state index contributed by atoms with van der Waals surface area (Å²) in [7, 11) is 0. The lowest BCUT2D eigenvalue weighted by Gasteiger charge is -2.38. The van der Waals surface area contributed by atoms with E-state index in [1.54, 1.807) is 47.4 Å². The monoisotopic (exact) mass is 419 g/mol. The van der Waals surface area contributed by atoms with Crippen LogP contribution in [0.25, 0.3) is 6.08 Å². The maximum atomic E-state index is 14.7. The summed E-state index contributed by atoms with van der Waals surface area (Å²) in [5.41, 5.74) is 7.74. The number of nitriles is 1. The number of halogens is 2. The fraction of sp³-hybridized carbons (Fsp3) is 0.167. The number of hydrogen-bond acceptors (Lipinski definition) is 4. The van der Waals surface area contributed by atoms with Gasteiger partial charge in [0, 0.05) is 42.3 Å². The van der Waals surface area contributed by atoms with Gasteiger partial charge in [0.25, 0.3) is 0 Å². The number of carbonyl (C=O) groups is 1. The summed E-state index contributed by atoms with van der Waals surface area (Å²) in [6, 6.07) is 14.3. The van der Waals surface area contributed by atoms with Gasteiger partial charge in [0.1, 0.15) is 29.0 Å². The van der Waals surface area contributed by atoms with Gasteiger partial charge in [-0.1, -0.05) is 36.4 Å². The standard InChI is InChI=1S/C24H19F2N3O2/c1-14(30)29-12-16(10-15-6-2-4-8-20(15)25)23-19(13-29)22(18(11-27)24(28)31-23)17-7-3-5-9-21(17)26/h2-10,22H,12-13,28H2,1H3/b16-10+. The van der Waals surface area contributed by atoms with Gasteiger partial charge in [0.15, 0.2) is 0 Å². The van der Waals surface area contributed by atoms with Gasteiger partial charge >= 0.3 is 0 Å². The molecule has 0 aliphatic carbocycles. The Balaban J connectivity index is 1.94. The van der Waals surface area contributed by atoms with Crippen molar-refractivity contribution in [1.82, 2.24) is 4.90 Å². The smallest absolute Gasteiger partial charge is 0.220 e. The van der Waals surface area contributed by atoms with Gasteiger partial charge in [-0.25, -0.2) is 8.78 Å². The number of carbonyl (C=O) groups excluding carboxylic acids is 1. The highest BCUT2D eigenvalue weighted by molar-refractivity contribution is 5.76. The molecule has 0 fully saturated rings. The van der Waals surface area contributed by atoms with Crippen molar-refractivity contribution in [3.63, 3.8) is 0 Å². The molecule has 7 heteroatoms. The Morgan fingerprint density at radius 1 is 1.16 bits per heavy atom. The van der Waals surface area contributed by atoms with Crippen molar-refractivity contribution in [1.29, 1.82) is 5.26 Å².